The van der Waals surface area contributed by atoms with Crippen LogP contribution >= 0.6 is 0 Å². The average Bonchev–Trinajstić information content (AvgIpc) is 3.37. The zero-order valence-corrected chi connectivity index (χ0v) is 17.0. The van der Waals surface area contributed by atoms with Gasteiger partial charge in [0.05, 0.1) is 25.3 Å². The minimum absolute atomic E-state index is 0.0416. The van der Waals surface area contributed by atoms with Crippen LogP contribution in [0.2, 0.25) is 0 Å². The quantitative estimate of drug-likeness (QED) is 0.599. The molecule has 0 spiro atoms. The normalized spacial score (nSPS) is 18.4. The van der Waals surface area contributed by atoms with Crippen molar-refractivity contribution >= 4 is 11.9 Å². The number of nitrogens with one attached hydrogen (secondary N) is 2. The summed E-state index contributed by atoms with van der Waals surface area (Å²) in [4.78, 5) is 26.2. The van der Waals surface area contributed by atoms with Crippen LogP contribution in [0.1, 0.15) is 28.9 Å². The molecule has 1 aliphatic heterocycles. The standard InChI is InChI=1S/C20H27FN6O3/c1-30-9-5-8-22-20(29)27-12-16(21)10-17(27)13-26-14-18(24-25-26)19(28)23-11-15-6-3-2-4-7-15/h2-4,6-7,14,16-17H,5,8-13H2,1H3,(H,22,29)(H,23,28). The molecule has 0 bridgehead atoms. The van der Waals surface area contributed by atoms with Crippen LogP contribution in [0.5, 0.6) is 0 Å². The van der Waals surface area contributed by atoms with E-state index in [0.717, 1.165) is 5.56 Å². The summed E-state index contributed by atoms with van der Waals surface area (Å²) in [5.74, 6) is -0.340. The molecule has 3 rings (SSSR count). The third-order valence-electron chi connectivity index (χ3n) is 4.89. The molecule has 30 heavy (non-hydrogen) atoms. The van der Waals surface area contributed by atoms with Crippen molar-refractivity contribution in [3.63, 3.8) is 0 Å². The summed E-state index contributed by atoms with van der Waals surface area (Å²) in [6.45, 7) is 1.70. The molecule has 2 unspecified atom stereocenters. The molecule has 2 atom stereocenters. The Labute approximate surface area is 174 Å². The number of methoxy groups -OCH3 is 1. The first kappa shape index (κ1) is 21.7. The lowest BCUT2D eigenvalue weighted by atomic mass is 10.2. The largest absolute Gasteiger partial charge is 0.385 e. The number of benzene rings is 1. The summed E-state index contributed by atoms with van der Waals surface area (Å²) in [6, 6.07) is 8.87. The van der Waals surface area contributed by atoms with E-state index in [2.05, 4.69) is 20.9 Å². The number of carbonyl (C=O) groups is 2. The molecular weight excluding hydrogens is 391 g/mol. The Hall–Kier alpha value is -3.01. The SMILES string of the molecule is COCCCNC(=O)N1CC(F)CC1Cn1cc(C(=O)NCc2ccccc2)nn1. The van der Waals surface area contributed by atoms with Gasteiger partial charge in [-0.1, -0.05) is 35.5 Å². The van der Waals surface area contributed by atoms with Gasteiger partial charge >= 0.3 is 6.03 Å². The number of likely N-dealkylation sites (tertiary alicyclic amines) is 1. The van der Waals surface area contributed by atoms with E-state index >= 15 is 0 Å². The molecule has 1 aromatic carbocycles. The Morgan fingerprint density at radius 3 is 2.83 bits per heavy atom. The summed E-state index contributed by atoms with van der Waals surface area (Å²) < 4.78 is 20.4. The fourth-order valence-corrected chi connectivity index (χ4v) is 3.37. The molecule has 2 heterocycles. The van der Waals surface area contributed by atoms with Crippen molar-refractivity contribution in [1.29, 1.82) is 0 Å². The minimum Gasteiger partial charge on any atom is -0.385 e. The first-order chi connectivity index (χ1) is 14.6. The smallest absolute Gasteiger partial charge is 0.317 e. The van der Waals surface area contributed by atoms with Gasteiger partial charge in [0.1, 0.15) is 6.17 Å². The molecule has 3 amide bonds. The lowest BCUT2D eigenvalue weighted by Gasteiger charge is -2.24. The van der Waals surface area contributed by atoms with Crippen LogP contribution in [-0.2, 0) is 17.8 Å². The van der Waals surface area contributed by atoms with Gasteiger partial charge in [-0.25, -0.2) is 13.9 Å². The predicted octanol–water partition coefficient (Wildman–Crippen LogP) is 1.37. The maximum absolute atomic E-state index is 14.0. The minimum atomic E-state index is -1.09. The third kappa shape index (κ3) is 5.99. The van der Waals surface area contributed by atoms with Crippen LogP contribution in [-0.4, -0.2) is 70.9 Å². The van der Waals surface area contributed by atoms with Gasteiger partial charge in [0, 0.05) is 33.2 Å². The van der Waals surface area contributed by atoms with Gasteiger partial charge in [0.15, 0.2) is 5.69 Å². The predicted molar refractivity (Wildman–Crippen MR) is 108 cm³/mol. The van der Waals surface area contributed by atoms with Crippen molar-refractivity contribution in [1.82, 2.24) is 30.5 Å². The first-order valence-electron chi connectivity index (χ1n) is 9.96. The fourth-order valence-electron chi connectivity index (χ4n) is 3.37. The van der Waals surface area contributed by atoms with E-state index in [1.807, 2.05) is 30.3 Å². The molecule has 162 valence electrons. The molecule has 2 aromatic rings. The number of halogens is 1. The molecular formula is C20H27FN6O3. The van der Waals surface area contributed by atoms with Gasteiger partial charge in [0.25, 0.3) is 5.91 Å². The number of nitrogens with zero attached hydrogens (tertiary/aromatic N) is 4. The van der Waals surface area contributed by atoms with Crippen LogP contribution < -0.4 is 10.6 Å². The van der Waals surface area contributed by atoms with Crippen molar-refractivity contribution in [2.45, 2.75) is 38.1 Å². The number of hydrogen-bond acceptors (Lipinski definition) is 5. The van der Waals surface area contributed by atoms with E-state index in [1.54, 1.807) is 7.11 Å². The maximum atomic E-state index is 14.0. The molecule has 10 heteroatoms. The van der Waals surface area contributed by atoms with Gasteiger partial charge in [-0.05, 0) is 12.0 Å². The maximum Gasteiger partial charge on any atom is 0.317 e. The zero-order chi connectivity index (χ0) is 21.3. The van der Waals surface area contributed by atoms with Crippen molar-refractivity contribution < 1.29 is 18.7 Å². The number of urea groups is 1. The average molecular weight is 418 g/mol. The molecule has 0 aliphatic carbocycles. The van der Waals surface area contributed by atoms with E-state index in [1.165, 1.54) is 15.8 Å². The topological polar surface area (TPSA) is 101 Å². The van der Waals surface area contributed by atoms with E-state index < -0.39 is 6.17 Å². The van der Waals surface area contributed by atoms with E-state index in [4.69, 9.17) is 4.74 Å². The van der Waals surface area contributed by atoms with Gasteiger partial charge in [-0.3, -0.25) is 4.79 Å². The highest BCUT2D eigenvalue weighted by Crippen LogP contribution is 2.21. The second-order valence-electron chi connectivity index (χ2n) is 7.21. The van der Waals surface area contributed by atoms with Crippen molar-refractivity contribution in [3.05, 3.63) is 47.8 Å². The highest BCUT2D eigenvalue weighted by Gasteiger charge is 2.35. The Kier molecular flexibility index (Phi) is 7.72. The van der Waals surface area contributed by atoms with Crippen molar-refractivity contribution in [3.8, 4) is 0 Å². The van der Waals surface area contributed by atoms with E-state index in [0.29, 0.717) is 26.1 Å². The van der Waals surface area contributed by atoms with Crippen LogP contribution in [0.4, 0.5) is 9.18 Å². The van der Waals surface area contributed by atoms with Crippen LogP contribution in [0, 0.1) is 0 Å². The molecule has 1 fully saturated rings. The zero-order valence-electron chi connectivity index (χ0n) is 17.0. The van der Waals surface area contributed by atoms with E-state index in [9.17, 15) is 14.0 Å². The number of alkyl halides is 1. The molecule has 1 saturated heterocycles. The summed E-state index contributed by atoms with van der Waals surface area (Å²) in [5, 5.41) is 13.4. The number of amides is 3. The Balaban J connectivity index is 1.53. The van der Waals surface area contributed by atoms with Gasteiger partial charge < -0.3 is 20.3 Å². The highest BCUT2D eigenvalue weighted by atomic mass is 19.1. The van der Waals surface area contributed by atoms with Crippen LogP contribution in [0.15, 0.2) is 36.5 Å². The summed E-state index contributed by atoms with van der Waals surface area (Å²) >= 11 is 0. The lowest BCUT2D eigenvalue weighted by molar-refractivity contribution is 0.0945. The monoisotopic (exact) mass is 418 g/mol. The van der Waals surface area contributed by atoms with Gasteiger partial charge in [-0.15, -0.1) is 5.10 Å². The summed E-state index contributed by atoms with van der Waals surface area (Å²) in [5.41, 5.74) is 1.15. The number of ether oxygens (including phenoxy) is 1. The van der Waals surface area contributed by atoms with Gasteiger partial charge in [0.2, 0.25) is 0 Å². The number of rotatable bonds is 9. The fraction of sp³-hybridized carbons (Fsp3) is 0.500. The molecule has 0 saturated carbocycles. The molecule has 2 N–H and O–H groups in total. The molecule has 0 radical (unpaired) electrons. The van der Waals surface area contributed by atoms with Crippen LogP contribution in [0.25, 0.3) is 0 Å². The number of hydrogen-bond donors (Lipinski definition) is 2. The highest BCUT2D eigenvalue weighted by molar-refractivity contribution is 5.91. The van der Waals surface area contributed by atoms with Crippen LogP contribution in [0.3, 0.4) is 0 Å². The molecule has 1 aliphatic rings. The number of carbonyl (C=O) groups excluding carboxylic acids is 2. The summed E-state index contributed by atoms with van der Waals surface area (Å²) in [6.07, 6.45) is 1.34. The Morgan fingerprint density at radius 1 is 1.27 bits per heavy atom. The second kappa shape index (κ2) is 10.7. The lowest BCUT2D eigenvalue weighted by Crippen LogP contribution is -2.45. The second-order valence-corrected chi connectivity index (χ2v) is 7.21. The Morgan fingerprint density at radius 2 is 2.07 bits per heavy atom. The first-order valence-corrected chi connectivity index (χ1v) is 9.96. The molecule has 1 aromatic heterocycles. The molecule has 9 nitrogen and oxygen atoms in total. The van der Waals surface area contributed by atoms with E-state index in [-0.39, 0.29) is 43.2 Å². The third-order valence-corrected chi connectivity index (χ3v) is 4.89. The van der Waals surface area contributed by atoms with Crippen molar-refractivity contribution in [2.75, 3.05) is 26.8 Å². The van der Waals surface area contributed by atoms with Crippen molar-refractivity contribution in [2.24, 2.45) is 0 Å². The number of aromatic nitrogens is 3. The van der Waals surface area contributed by atoms with Gasteiger partial charge in [-0.2, -0.15) is 0 Å². The Bertz CT molecular complexity index is 831. The summed E-state index contributed by atoms with van der Waals surface area (Å²) in [7, 11) is 1.60.